The minimum Gasteiger partial charge on any atom is -0.504 e. The normalized spacial score (nSPS) is 11.8. The van der Waals surface area contributed by atoms with Crippen LogP contribution in [0.3, 0.4) is 0 Å². The predicted molar refractivity (Wildman–Crippen MR) is 91.1 cm³/mol. The quantitative estimate of drug-likeness (QED) is 0.463. The third-order valence-corrected chi connectivity index (χ3v) is 3.54. The van der Waals surface area contributed by atoms with Gasteiger partial charge in [0.2, 0.25) is 0 Å². The molecule has 0 aliphatic rings. The zero-order valence-electron chi connectivity index (χ0n) is 13.6. The molecule has 1 atom stereocenters. The molecule has 24 heavy (non-hydrogen) atoms. The number of rotatable bonds is 7. The Bertz CT molecular complexity index is 711. The number of ketones is 1. The van der Waals surface area contributed by atoms with Gasteiger partial charge in [0.05, 0.1) is 5.56 Å². The molecule has 5 nitrogen and oxygen atoms in total. The summed E-state index contributed by atoms with van der Waals surface area (Å²) in [6.45, 7) is 1.87. The van der Waals surface area contributed by atoms with Crippen LogP contribution >= 0.6 is 0 Å². The highest BCUT2D eigenvalue weighted by molar-refractivity contribution is 6.11. The van der Waals surface area contributed by atoms with E-state index in [0.29, 0.717) is 18.4 Å². The van der Waals surface area contributed by atoms with Gasteiger partial charge in [0.25, 0.3) is 0 Å². The minimum atomic E-state index is -0.463. The molecule has 2 aromatic carbocycles. The third kappa shape index (κ3) is 4.67. The van der Waals surface area contributed by atoms with Crippen LogP contribution in [0.5, 0.6) is 11.5 Å². The summed E-state index contributed by atoms with van der Waals surface area (Å²) < 4.78 is 5.17. The van der Waals surface area contributed by atoms with E-state index in [0.717, 1.165) is 0 Å². The smallest absolute Gasteiger partial charge is 0.311 e. The highest BCUT2D eigenvalue weighted by Crippen LogP contribution is 2.31. The van der Waals surface area contributed by atoms with Crippen LogP contribution in [-0.4, -0.2) is 22.9 Å². The summed E-state index contributed by atoms with van der Waals surface area (Å²) in [5.41, 5.74) is 6.19. The molecule has 5 heteroatoms. The molecular formula is C19H21NO4. The third-order valence-electron chi connectivity index (χ3n) is 3.54. The number of nitrogens with two attached hydrogens (primary N) is 1. The van der Waals surface area contributed by atoms with Crippen LogP contribution in [0.25, 0.3) is 0 Å². The van der Waals surface area contributed by atoms with Gasteiger partial charge in [0.1, 0.15) is 0 Å². The fraction of sp³-hybridized carbons (Fsp3) is 0.263. The van der Waals surface area contributed by atoms with Crippen LogP contribution in [0.1, 0.15) is 42.1 Å². The molecule has 1 unspecified atom stereocenters. The van der Waals surface area contributed by atoms with Gasteiger partial charge in [-0.1, -0.05) is 36.4 Å². The van der Waals surface area contributed by atoms with Gasteiger partial charge < -0.3 is 15.6 Å². The van der Waals surface area contributed by atoms with Crippen molar-refractivity contribution in [2.24, 2.45) is 5.73 Å². The molecule has 0 saturated heterocycles. The topological polar surface area (TPSA) is 89.6 Å². The summed E-state index contributed by atoms with van der Waals surface area (Å²) >= 11 is 0. The summed E-state index contributed by atoms with van der Waals surface area (Å²) in [5, 5.41) is 10.3. The summed E-state index contributed by atoms with van der Waals surface area (Å²) in [4.78, 5) is 24.3. The Hall–Kier alpha value is -2.66. The molecule has 0 bridgehead atoms. The number of benzene rings is 2. The number of ether oxygens (including phenoxy) is 1. The van der Waals surface area contributed by atoms with Crippen LogP contribution in [0, 0.1) is 0 Å². The largest absolute Gasteiger partial charge is 0.504 e. The van der Waals surface area contributed by atoms with Gasteiger partial charge in [-0.25, -0.2) is 0 Å². The van der Waals surface area contributed by atoms with Gasteiger partial charge in [-0.3, -0.25) is 9.59 Å². The van der Waals surface area contributed by atoms with Crippen LogP contribution in [0.2, 0.25) is 0 Å². The van der Waals surface area contributed by atoms with E-state index in [1.54, 1.807) is 36.4 Å². The Balaban J connectivity index is 2.10. The van der Waals surface area contributed by atoms with E-state index in [9.17, 15) is 14.7 Å². The molecular weight excluding hydrogens is 306 g/mol. The molecule has 0 aromatic heterocycles. The Labute approximate surface area is 141 Å². The van der Waals surface area contributed by atoms with E-state index in [-0.39, 0.29) is 35.3 Å². The van der Waals surface area contributed by atoms with E-state index in [1.807, 2.05) is 6.92 Å². The van der Waals surface area contributed by atoms with E-state index < -0.39 is 5.97 Å². The molecule has 0 radical (unpaired) electrons. The van der Waals surface area contributed by atoms with Crippen molar-refractivity contribution in [3.05, 3.63) is 59.7 Å². The number of esters is 1. The zero-order chi connectivity index (χ0) is 17.5. The number of carbonyl (C=O) groups is 2. The molecule has 3 N–H and O–H groups in total. The van der Waals surface area contributed by atoms with Crippen molar-refractivity contribution in [2.75, 3.05) is 0 Å². The molecule has 126 valence electrons. The van der Waals surface area contributed by atoms with Crippen molar-refractivity contribution in [3.8, 4) is 11.5 Å². The highest BCUT2D eigenvalue weighted by atomic mass is 16.5. The minimum absolute atomic E-state index is 0.0115. The molecule has 0 spiro atoms. The zero-order valence-corrected chi connectivity index (χ0v) is 13.6. The van der Waals surface area contributed by atoms with Crippen LogP contribution in [-0.2, 0) is 4.79 Å². The SMILES string of the molecule is CC(N)CCCC(=O)Oc1cccc(C(=O)c2ccccc2)c1O. The maximum Gasteiger partial charge on any atom is 0.311 e. The number of carbonyl (C=O) groups excluding carboxylic acids is 2. The lowest BCUT2D eigenvalue weighted by Gasteiger charge is -2.10. The predicted octanol–water partition coefficient (Wildman–Crippen LogP) is 3.05. The van der Waals surface area contributed by atoms with Gasteiger partial charge in [0.15, 0.2) is 17.3 Å². The second-order valence-electron chi connectivity index (χ2n) is 5.69. The lowest BCUT2D eigenvalue weighted by molar-refractivity contribution is -0.134. The molecule has 2 aromatic rings. The molecule has 0 aliphatic carbocycles. The van der Waals surface area contributed by atoms with Crippen molar-refractivity contribution in [1.29, 1.82) is 0 Å². The van der Waals surface area contributed by atoms with Crippen LogP contribution in [0.15, 0.2) is 48.5 Å². The van der Waals surface area contributed by atoms with E-state index in [2.05, 4.69) is 0 Å². The standard InChI is InChI=1S/C19H21NO4/c1-13(20)7-5-12-17(21)24-16-11-6-10-15(19(16)23)18(22)14-8-3-2-4-9-14/h2-4,6,8-11,13,23H,5,7,12,20H2,1H3. The van der Waals surface area contributed by atoms with Gasteiger partial charge in [-0.2, -0.15) is 0 Å². The lowest BCUT2D eigenvalue weighted by Crippen LogP contribution is -2.16. The first-order chi connectivity index (χ1) is 11.5. The summed E-state index contributed by atoms with van der Waals surface area (Å²) in [6, 6.07) is 13.2. The fourth-order valence-electron chi connectivity index (χ4n) is 2.27. The molecule has 2 rings (SSSR count). The van der Waals surface area contributed by atoms with Gasteiger partial charge in [0, 0.05) is 18.0 Å². The van der Waals surface area contributed by atoms with Crippen molar-refractivity contribution in [2.45, 2.75) is 32.2 Å². The monoisotopic (exact) mass is 327 g/mol. The number of phenolic OH excluding ortho intramolecular Hbond substituents is 1. The van der Waals surface area contributed by atoms with Gasteiger partial charge in [-0.15, -0.1) is 0 Å². The first-order valence-electron chi connectivity index (χ1n) is 7.87. The number of aromatic hydroxyl groups is 1. The summed E-state index contributed by atoms with van der Waals surface area (Å²) in [5.74, 6) is -1.13. The number of para-hydroxylation sites is 1. The molecule has 0 heterocycles. The molecule has 0 saturated carbocycles. The highest BCUT2D eigenvalue weighted by Gasteiger charge is 2.18. The first-order valence-corrected chi connectivity index (χ1v) is 7.87. The fourth-order valence-corrected chi connectivity index (χ4v) is 2.27. The average Bonchev–Trinajstić information content (AvgIpc) is 2.56. The van der Waals surface area contributed by atoms with E-state index in [4.69, 9.17) is 10.5 Å². The summed E-state index contributed by atoms with van der Waals surface area (Å²) in [6.07, 6.45) is 1.53. The summed E-state index contributed by atoms with van der Waals surface area (Å²) in [7, 11) is 0. The Morgan fingerprint density at radius 2 is 1.83 bits per heavy atom. The van der Waals surface area contributed by atoms with Crippen LogP contribution in [0.4, 0.5) is 0 Å². The molecule has 0 amide bonds. The Morgan fingerprint density at radius 1 is 1.12 bits per heavy atom. The maximum atomic E-state index is 12.4. The second kappa shape index (κ2) is 8.26. The van der Waals surface area contributed by atoms with Crippen molar-refractivity contribution >= 4 is 11.8 Å². The Morgan fingerprint density at radius 3 is 2.50 bits per heavy atom. The molecule has 0 aliphatic heterocycles. The van der Waals surface area contributed by atoms with Gasteiger partial charge in [-0.05, 0) is 31.9 Å². The number of phenols is 1. The van der Waals surface area contributed by atoms with E-state index >= 15 is 0 Å². The number of hydrogen-bond acceptors (Lipinski definition) is 5. The maximum absolute atomic E-state index is 12.4. The second-order valence-corrected chi connectivity index (χ2v) is 5.69. The van der Waals surface area contributed by atoms with Crippen LogP contribution < -0.4 is 10.5 Å². The van der Waals surface area contributed by atoms with Crippen molar-refractivity contribution < 1.29 is 19.4 Å². The molecule has 0 fully saturated rings. The van der Waals surface area contributed by atoms with Crippen molar-refractivity contribution in [3.63, 3.8) is 0 Å². The first kappa shape index (κ1) is 17.7. The lowest BCUT2D eigenvalue weighted by atomic mass is 10.0. The average molecular weight is 327 g/mol. The van der Waals surface area contributed by atoms with E-state index in [1.165, 1.54) is 12.1 Å². The van der Waals surface area contributed by atoms with Gasteiger partial charge >= 0.3 is 5.97 Å². The van der Waals surface area contributed by atoms with Crippen molar-refractivity contribution in [1.82, 2.24) is 0 Å². The Kier molecular flexibility index (Phi) is 6.09. The number of hydrogen-bond donors (Lipinski definition) is 2.